The average molecular weight is 345 g/mol. The number of carbonyl (C=O) groups is 2. The summed E-state index contributed by atoms with van der Waals surface area (Å²) < 4.78 is 5.07. The molecule has 0 atom stereocenters. The first-order chi connectivity index (χ1) is 10.4. The van der Waals surface area contributed by atoms with E-state index in [1.165, 1.54) is 7.11 Å². The highest BCUT2D eigenvalue weighted by Gasteiger charge is 2.26. The van der Waals surface area contributed by atoms with Gasteiger partial charge in [0.2, 0.25) is 11.8 Å². The molecule has 2 rings (SSSR count). The van der Waals surface area contributed by atoms with Crippen LogP contribution in [0.1, 0.15) is 19.8 Å². The van der Waals surface area contributed by atoms with E-state index in [9.17, 15) is 9.59 Å². The van der Waals surface area contributed by atoms with Gasteiger partial charge in [-0.25, -0.2) is 0 Å². The number of hydrogen-bond donors (Lipinski definition) is 1. The maximum Gasteiger partial charge on any atom is 0.227 e. The zero-order valence-electron chi connectivity index (χ0n) is 12.5. The van der Waals surface area contributed by atoms with E-state index in [0.717, 1.165) is 0 Å². The molecule has 0 aromatic heterocycles. The molecule has 2 amide bonds. The van der Waals surface area contributed by atoms with Gasteiger partial charge < -0.3 is 15.0 Å². The van der Waals surface area contributed by atoms with Crippen molar-refractivity contribution in [1.29, 1.82) is 0 Å². The second-order valence-electron chi connectivity index (χ2n) is 5.24. The molecule has 0 radical (unpaired) electrons. The van der Waals surface area contributed by atoms with Crippen LogP contribution in [0.15, 0.2) is 12.1 Å². The van der Waals surface area contributed by atoms with E-state index in [4.69, 9.17) is 27.9 Å². The lowest BCUT2D eigenvalue weighted by atomic mass is 9.96. The molecule has 1 fully saturated rings. The summed E-state index contributed by atoms with van der Waals surface area (Å²) in [5.74, 6) is 0.266. The molecule has 120 valence electrons. The number of nitrogens with zero attached hydrogens (tertiary/aromatic N) is 1. The Morgan fingerprint density at radius 3 is 2.41 bits per heavy atom. The van der Waals surface area contributed by atoms with Crippen LogP contribution in [-0.4, -0.2) is 36.9 Å². The number of rotatable bonds is 3. The van der Waals surface area contributed by atoms with Crippen molar-refractivity contribution in [2.24, 2.45) is 5.92 Å². The molecular weight excluding hydrogens is 327 g/mol. The Morgan fingerprint density at radius 1 is 1.23 bits per heavy atom. The van der Waals surface area contributed by atoms with Crippen LogP contribution in [0.5, 0.6) is 5.75 Å². The van der Waals surface area contributed by atoms with Crippen LogP contribution in [-0.2, 0) is 9.59 Å². The number of methoxy groups -OCH3 is 1. The molecule has 0 spiro atoms. The van der Waals surface area contributed by atoms with Crippen molar-refractivity contribution >= 4 is 40.7 Å². The minimum absolute atomic E-state index is 0.0452. The summed E-state index contributed by atoms with van der Waals surface area (Å²) >= 11 is 12.2. The van der Waals surface area contributed by atoms with Crippen molar-refractivity contribution in [3.05, 3.63) is 22.2 Å². The zero-order chi connectivity index (χ0) is 16.3. The first-order valence-electron chi connectivity index (χ1n) is 7.01. The highest BCUT2D eigenvalue weighted by molar-refractivity contribution is 6.36. The minimum Gasteiger partial charge on any atom is -0.495 e. The molecule has 0 unspecified atom stereocenters. The topological polar surface area (TPSA) is 58.6 Å². The van der Waals surface area contributed by atoms with Gasteiger partial charge in [-0.15, -0.1) is 0 Å². The van der Waals surface area contributed by atoms with Gasteiger partial charge in [0.15, 0.2) is 0 Å². The number of amides is 2. The minimum atomic E-state index is -0.132. The number of benzene rings is 1. The molecule has 1 heterocycles. The third kappa shape index (κ3) is 3.84. The highest BCUT2D eigenvalue weighted by atomic mass is 35.5. The number of nitrogens with one attached hydrogen (secondary N) is 1. The molecule has 0 saturated carbocycles. The lowest BCUT2D eigenvalue weighted by molar-refractivity contribution is -0.132. The van der Waals surface area contributed by atoms with Gasteiger partial charge in [0.25, 0.3) is 0 Å². The fourth-order valence-electron chi connectivity index (χ4n) is 2.47. The Balaban J connectivity index is 2.01. The first kappa shape index (κ1) is 16.9. The molecule has 1 saturated heterocycles. The smallest absolute Gasteiger partial charge is 0.227 e. The van der Waals surface area contributed by atoms with Crippen molar-refractivity contribution in [3.8, 4) is 5.75 Å². The van der Waals surface area contributed by atoms with E-state index in [-0.39, 0.29) is 17.7 Å². The molecule has 22 heavy (non-hydrogen) atoms. The normalized spacial score (nSPS) is 15.5. The van der Waals surface area contributed by atoms with E-state index in [1.807, 2.05) is 0 Å². The van der Waals surface area contributed by atoms with Crippen molar-refractivity contribution < 1.29 is 14.3 Å². The van der Waals surface area contributed by atoms with Crippen LogP contribution < -0.4 is 10.1 Å². The maximum atomic E-state index is 12.3. The Morgan fingerprint density at radius 2 is 1.86 bits per heavy atom. The highest BCUT2D eigenvalue weighted by Crippen LogP contribution is 2.34. The summed E-state index contributed by atoms with van der Waals surface area (Å²) in [5.41, 5.74) is 0.464. The van der Waals surface area contributed by atoms with Gasteiger partial charge in [-0.05, 0) is 18.9 Å². The average Bonchev–Trinajstić information content (AvgIpc) is 2.50. The van der Waals surface area contributed by atoms with E-state index in [1.54, 1.807) is 24.0 Å². The molecule has 1 aromatic rings. The summed E-state index contributed by atoms with van der Waals surface area (Å²) in [6, 6.07) is 3.14. The molecule has 1 aromatic carbocycles. The fourth-order valence-corrected chi connectivity index (χ4v) is 2.91. The number of likely N-dealkylation sites (tertiary alicyclic amines) is 1. The van der Waals surface area contributed by atoms with Gasteiger partial charge in [0.1, 0.15) is 5.75 Å². The molecule has 1 aliphatic heterocycles. The van der Waals surface area contributed by atoms with E-state index >= 15 is 0 Å². The summed E-state index contributed by atoms with van der Waals surface area (Å²) in [6.45, 7) is 2.74. The summed E-state index contributed by atoms with van der Waals surface area (Å²) in [6.07, 6.45) is 1.29. The van der Waals surface area contributed by atoms with Gasteiger partial charge in [0.05, 0.1) is 22.8 Å². The van der Waals surface area contributed by atoms with Crippen LogP contribution in [0.4, 0.5) is 5.69 Å². The summed E-state index contributed by atoms with van der Waals surface area (Å²) in [5, 5.41) is 3.56. The fraction of sp³-hybridized carbons (Fsp3) is 0.467. The van der Waals surface area contributed by atoms with E-state index in [0.29, 0.717) is 47.4 Å². The quantitative estimate of drug-likeness (QED) is 0.915. The Hall–Kier alpha value is -1.46. The van der Waals surface area contributed by atoms with Gasteiger partial charge >= 0.3 is 0 Å². The molecule has 0 bridgehead atoms. The Labute approximate surface area is 139 Å². The molecule has 1 aliphatic rings. The van der Waals surface area contributed by atoms with Gasteiger partial charge in [-0.3, -0.25) is 9.59 Å². The zero-order valence-corrected chi connectivity index (χ0v) is 14.0. The standard InChI is InChI=1S/C15H18Cl2N2O3/c1-9(20)19-5-3-10(4-6-19)15(21)18-13-7-12(17)14(22-2)8-11(13)16/h7-8,10H,3-6H2,1-2H3,(H,18,21). The third-order valence-corrected chi connectivity index (χ3v) is 4.42. The van der Waals surface area contributed by atoms with Crippen LogP contribution in [0.2, 0.25) is 10.0 Å². The number of halogens is 2. The van der Waals surface area contributed by atoms with Crippen molar-refractivity contribution in [3.63, 3.8) is 0 Å². The van der Waals surface area contributed by atoms with E-state index in [2.05, 4.69) is 5.32 Å². The number of carbonyl (C=O) groups excluding carboxylic acids is 2. The van der Waals surface area contributed by atoms with E-state index < -0.39 is 0 Å². The van der Waals surface area contributed by atoms with Crippen LogP contribution >= 0.6 is 23.2 Å². The van der Waals surface area contributed by atoms with Gasteiger partial charge in [-0.1, -0.05) is 23.2 Å². The lowest BCUT2D eigenvalue weighted by Crippen LogP contribution is -2.40. The number of hydrogen-bond acceptors (Lipinski definition) is 3. The second kappa shape index (κ2) is 7.20. The first-order valence-corrected chi connectivity index (χ1v) is 7.77. The second-order valence-corrected chi connectivity index (χ2v) is 6.05. The summed E-state index contributed by atoms with van der Waals surface area (Å²) in [4.78, 5) is 25.4. The van der Waals surface area contributed by atoms with Crippen LogP contribution in [0.25, 0.3) is 0 Å². The predicted octanol–water partition coefficient (Wildman–Crippen LogP) is 3.20. The predicted molar refractivity (Wildman–Crippen MR) is 86.6 cm³/mol. The SMILES string of the molecule is COc1cc(Cl)c(NC(=O)C2CCN(C(C)=O)CC2)cc1Cl. The number of anilines is 1. The Bertz CT molecular complexity index is 584. The van der Waals surface area contributed by atoms with Crippen LogP contribution in [0.3, 0.4) is 0 Å². The lowest BCUT2D eigenvalue weighted by Gasteiger charge is -2.30. The molecular formula is C15H18Cl2N2O3. The molecule has 5 nitrogen and oxygen atoms in total. The molecule has 1 N–H and O–H groups in total. The van der Waals surface area contributed by atoms with Gasteiger partial charge in [0, 0.05) is 32.0 Å². The maximum absolute atomic E-state index is 12.3. The van der Waals surface area contributed by atoms with Crippen molar-refractivity contribution in [2.75, 3.05) is 25.5 Å². The number of ether oxygens (including phenoxy) is 1. The third-order valence-electron chi connectivity index (χ3n) is 3.81. The molecule has 7 heteroatoms. The van der Waals surface area contributed by atoms with Crippen molar-refractivity contribution in [1.82, 2.24) is 4.90 Å². The monoisotopic (exact) mass is 344 g/mol. The Kier molecular flexibility index (Phi) is 5.53. The molecule has 0 aliphatic carbocycles. The number of piperidine rings is 1. The van der Waals surface area contributed by atoms with Gasteiger partial charge in [-0.2, -0.15) is 0 Å². The largest absolute Gasteiger partial charge is 0.495 e. The van der Waals surface area contributed by atoms with Crippen LogP contribution in [0, 0.1) is 5.92 Å². The van der Waals surface area contributed by atoms with Crippen molar-refractivity contribution in [2.45, 2.75) is 19.8 Å². The summed E-state index contributed by atoms with van der Waals surface area (Å²) in [7, 11) is 1.50.